The van der Waals surface area contributed by atoms with Crippen molar-refractivity contribution in [3.8, 4) is 0 Å². The van der Waals surface area contributed by atoms with Gasteiger partial charge in [-0.05, 0) is 6.92 Å². The van der Waals surface area contributed by atoms with Crippen LogP contribution >= 0.6 is 0 Å². The Kier molecular flexibility index (Phi) is 1.88. The van der Waals surface area contributed by atoms with Crippen molar-refractivity contribution in [2.75, 3.05) is 0 Å². The van der Waals surface area contributed by atoms with Crippen LogP contribution in [-0.2, 0) is 4.74 Å². The second kappa shape index (κ2) is 2.50. The number of hydrogen-bond donors (Lipinski definition) is 1. The summed E-state index contributed by atoms with van der Waals surface area (Å²) in [5, 5.41) is 8.86. The van der Waals surface area contributed by atoms with Crippen molar-refractivity contribution in [2.24, 2.45) is 0 Å². The summed E-state index contributed by atoms with van der Waals surface area (Å²) >= 11 is 0. The molecule has 1 fully saturated rings. The van der Waals surface area contributed by atoms with Crippen molar-refractivity contribution in [3.63, 3.8) is 0 Å². The fourth-order valence-corrected chi connectivity index (χ4v) is 0.890. The van der Waals surface area contributed by atoms with E-state index >= 15 is 0 Å². The maximum Gasteiger partial charge on any atom is 0.102 e. The molecular formula is C7H12O2. The summed E-state index contributed by atoms with van der Waals surface area (Å²) in [5.74, 6) is 0. The Hall–Kier alpha value is -0.340. The summed E-state index contributed by atoms with van der Waals surface area (Å²) in [6.07, 6.45) is 2.70. The number of aliphatic hydroxyl groups is 1. The first-order valence-electron chi connectivity index (χ1n) is 3.20. The molecule has 2 unspecified atom stereocenters. The van der Waals surface area contributed by atoms with Gasteiger partial charge in [0.1, 0.15) is 6.10 Å². The zero-order valence-corrected chi connectivity index (χ0v) is 5.58. The predicted molar refractivity (Wildman–Crippen MR) is 35.2 cm³/mol. The van der Waals surface area contributed by atoms with Crippen LogP contribution < -0.4 is 0 Å². The summed E-state index contributed by atoms with van der Waals surface area (Å²) in [4.78, 5) is 0. The lowest BCUT2D eigenvalue weighted by molar-refractivity contribution is 0.170. The largest absolute Gasteiger partial charge is 0.393 e. The summed E-state index contributed by atoms with van der Waals surface area (Å²) in [7, 11) is 0. The molecule has 0 radical (unpaired) electrons. The summed E-state index contributed by atoms with van der Waals surface area (Å²) < 4.78 is 5.10. The molecule has 0 aromatic carbocycles. The van der Waals surface area contributed by atoms with E-state index < -0.39 is 0 Å². The quantitative estimate of drug-likeness (QED) is 0.448. The number of ether oxygens (including phenoxy) is 1. The molecule has 0 aliphatic carbocycles. The monoisotopic (exact) mass is 128 g/mol. The first kappa shape index (κ1) is 6.78. The van der Waals surface area contributed by atoms with E-state index in [4.69, 9.17) is 9.84 Å². The van der Waals surface area contributed by atoms with Crippen LogP contribution in [0.2, 0.25) is 0 Å². The first-order valence-corrected chi connectivity index (χ1v) is 3.20. The minimum Gasteiger partial charge on any atom is -0.393 e. The van der Waals surface area contributed by atoms with Gasteiger partial charge in [-0.2, -0.15) is 0 Å². The normalized spacial score (nSPS) is 35.8. The number of rotatable bonds is 3. The van der Waals surface area contributed by atoms with E-state index in [1.165, 1.54) is 0 Å². The molecule has 1 N–H and O–H groups in total. The molecule has 0 amide bonds. The SMILES string of the molecule is C=CC1OC1C[C@@H](C)O. The molecule has 1 heterocycles. The lowest BCUT2D eigenvalue weighted by atomic mass is 10.2. The van der Waals surface area contributed by atoms with Gasteiger partial charge in [-0.15, -0.1) is 6.58 Å². The van der Waals surface area contributed by atoms with Crippen LogP contribution in [0.15, 0.2) is 12.7 Å². The zero-order chi connectivity index (χ0) is 6.85. The van der Waals surface area contributed by atoms with E-state index in [0.29, 0.717) is 0 Å². The third-order valence-corrected chi connectivity index (χ3v) is 1.43. The topological polar surface area (TPSA) is 32.8 Å². The molecule has 0 bridgehead atoms. The van der Waals surface area contributed by atoms with Gasteiger partial charge in [-0.1, -0.05) is 6.08 Å². The molecule has 3 atom stereocenters. The fourth-order valence-electron chi connectivity index (χ4n) is 0.890. The molecule has 2 nitrogen and oxygen atoms in total. The predicted octanol–water partition coefficient (Wildman–Crippen LogP) is 0.711. The second-order valence-electron chi connectivity index (χ2n) is 2.46. The van der Waals surface area contributed by atoms with Gasteiger partial charge in [0.05, 0.1) is 12.2 Å². The van der Waals surface area contributed by atoms with Crippen molar-refractivity contribution in [2.45, 2.75) is 31.7 Å². The first-order chi connectivity index (χ1) is 4.24. The van der Waals surface area contributed by atoms with Gasteiger partial charge in [-0.3, -0.25) is 0 Å². The summed E-state index contributed by atoms with van der Waals surface area (Å²) in [5.41, 5.74) is 0. The van der Waals surface area contributed by atoms with Gasteiger partial charge >= 0.3 is 0 Å². The van der Waals surface area contributed by atoms with Crippen LogP contribution in [0.25, 0.3) is 0 Å². The van der Waals surface area contributed by atoms with Crippen LogP contribution in [0.1, 0.15) is 13.3 Å². The molecule has 9 heavy (non-hydrogen) atoms. The van der Waals surface area contributed by atoms with Gasteiger partial charge in [0, 0.05) is 6.42 Å². The molecule has 0 aromatic heterocycles. The van der Waals surface area contributed by atoms with Gasteiger partial charge in [0.2, 0.25) is 0 Å². The maximum atomic E-state index is 8.86. The highest BCUT2D eigenvalue weighted by Crippen LogP contribution is 2.26. The minimum absolute atomic E-state index is 0.208. The second-order valence-corrected chi connectivity index (χ2v) is 2.46. The van der Waals surface area contributed by atoms with Crippen molar-refractivity contribution in [1.29, 1.82) is 0 Å². The smallest absolute Gasteiger partial charge is 0.102 e. The molecule has 0 spiro atoms. The molecule has 52 valence electrons. The van der Waals surface area contributed by atoms with Crippen molar-refractivity contribution in [1.82, 2.24) is 0 Å². The number of epoxide rings is 1. The Bertz CT molecular complexity index is 109. The Morgan fingerprint density at radius 2 is 2.56 bits per heavy atom. The van der Waals surface area contributed by atoms with Crippen LogP contribution in [0, 0.1) is 0 Å². The third kappa shape index (κ3) is 1.80. The van der Waals surface area contributed by atoms with E-state index in [-0.39, 0.29) is 18.3 Å². The fraction of sp³-hybridized carbons (Fsp3) is 0.714. The standard InChI is InChI=1S/C7H12O2/c1-3-6-7(9-6)4-5(2)8/h3,5-8H,1,4H2,2H3/t5-,6?,7?/m1/s1. The molecule has 1 aliphatic rings. The van der Waals surface area contributed by atoms with Crippen LogP contribution in [0.4, 0.5) is 0 Å². The highest BCUT2D eigenvalue weighted by molar-refractivity contribution is 4.98. The zero-order valence-electron chi connectivity index (χ0n) is 5.58. The molecule has 1 aliphatic heterocycles. The Morgan fingerprint density at radius 3 is 2.89 bits per heavy atom. The van der Waals surface area contributed by atoms with Crippen LogP contribution in [0.3, 0.4) is 0 Å². The molecule has 2 heteroatoms. The lowest BCUT2D eigenvalue weighted by Crippen LogP contribution is -2.04. The average molecular weight is 128 g/mol. The van der Waals surface area contributed by atoms with Crippen LogP contribution in [-0.4, -0.2) is 23.4 Å². The van der Waals surface area contributed by atoms with E-state index in [1.54, 1.807) is 13.0 Å². The van der Waals surface area contributed by atoms with Gasteiger partial charge in [-0.25, -0.2) is 0 Å². The highest BCUT2D eigenvalue weighted by Gasteiger charge is 2.36. The highest BCUT2D eigenvalue weighted by atomic mass is 16.6. The number of hydrogen-bond acceptors (Lipinski definition) is 2. The Balaban J connectivity index is 2.12. The minimum atomic E-state index is -0.250. The summed E-state index contributed by atoms with van der Waals surface area (Å²) in [6.45, 7) is 5.34. The number of aliphatic hydroxyl groups excluding tert-OH is 1. The van der Waals surface area contributed by atoms with E-state index in [2.05, 4.69) is 6.58 Å². The Labute approximate surface area is 55.1 Å². The van der Waals surface area contributed by atoms with Crippen molar-refractivity contribution < 1.29 is 9.84 Å². The van der Waals surface area contributed by atoms with Crippen LogP contribution in [0.5, 0.6) is 0 Å². The van der Waals surface area contributed by atoms with E-state index in [1.807, 2.05) is 0 Å². The van der Waals surface area contributed by atoms with Gasteiger partial charge in [0.15, 0.2) is 0 Å². The van der Waals surface area contributed by atoms with E-state index in [9.17, 15) is 0 Å². The van der Waals surface area contributed by atoms with E-state index in [0.717, 1.165) is 6.42 Å². The molecule has 1 rings (SSSR count). The molecule has 0 saturated carbocycles. The maximum absolute atomic E-state index is 8.86. The summed E-state index contributed by atoms with van der Waals surface area (Å²) in [6, 6.07) is 0. The Morgan fingerprint density at radius 1 is 1.89 bits per heavy atom. The van der Waals surface area contributed by atoms with Gasteiger partial charge < -0.3 is 9.84 Å². The van der Waals surface area contributed by atoms with Crippen molar-refractivity contribution in [3.05, 3.63) is 12.7 Å². The molecular weight excluding hydrogens is 116 g/mol. The molecule has 1 saturated heterocycles. The average Bonchev–Trinajstić information content (AvgIpc) is 2.45. The van der Waals surface area contributed by atoms with Gasteiger partial charge in [0.25, 0.3) is 0 Å². The van der Waals surface area contributed by atoms with Crippen molar-refractivity contribution >= 4 is 0 Å². The third-order valence-electron chi connectivity index (χ3n) is 1.43. The lowest BCUT2D eigenvalue weighted by Gasteiger charge is -1.96. The molecule has 0 aromatic rings.